The summed E-state index contributed by atoms with van der Waals surface area (Å²) in [7, 11) is 4.47. The number of carbonyl (C=O) groups excluding carboxylic acids is 1. The van der Waals surface area contributed by atoms with Gasteiger partial charge in [0, 0.05) is 23.7 Å². The van der Waals surface area contributed by atoms with Crippen LogP contribution in [-0.4, -0.2) is 49.7 Å². The van der Waals surface area contributed by atoms with Crippen LogP contribution in [0, 0.1) is 0 Å². The Bertz CT molecular complexity index is 914. The van der Waals surface area contributed by atoms with Crippen molar-refractivity contribution in [2.45, 2.75) is 19.2 Å². The van der Waals surface area contributed by atoms with Crippen LogP contribution in [0.4, 0.5) is 0 Å². The van der Waals surface area contributed by atoms with Crippen molar-refractivity contribution >= 4 is 17.3 Å². The van der Waals surface area contributed by atoms with E-state index in [1.54, 1.807) is 12.1 Å². The fourth-order valence-corrected chi connectivity index (χ4v) is 3.12. The lowest BCUT2D eigenvalue weighted by molar-refractivity contribution is -0.114. The zero-order chi connectivity index (χ0) is 20.8. The van der Waals surface area contributed by atoms with Crippen molar-refractivity contribution in [1.29, 1.82) is 0 Å². The molecule has 0 aromatic heterocycles. The summed E-state index contributed by atoms with van der Waals surface area (Å²) in [5.74, 6) is -0.342. The number of nitrogens with zero attached hydrogens (tertiary/aromatic N) is 3. The first-order valence-corrected chi connectivity index (χ1v) is 9.16. The first-order chi connectivity index (χ1) is 14.1. The minimum atomic E-state index is -0.348. The molecule has 8 heteroatoms. The summed E-state index contributed by atoms with van der Waals surface area (Å²) >= 11 is 0. The Balaban J connectivity index is 1.89. The maximum absolute atomic E-state index is 12.3. The van der Waals surface area contributed by atoms with E-state index in [-0.39, 0.29) is 23.9 Å². The van der Waals surface area contributed by atoms with E-state index in [2.05, 4.69) is 15.6 Å². The highest BCUT2D eigenvalue weighted by Crippen LogP contribution is 2.41. The number of hydroxylamine groups is 2. The third-order valence-electron chi connectivity index (χ3n) is 4.55. The number of likely N-dealkylation sites (N-methyl/N-ethyl adjacent to an activating group) is 1. The van der Waals surface area contributed by atoms with E-state index in [4.69, 9.17) is 14.5 Å². The summed E-state index contributed by atoms with van der Waals surface area (Å²) < 4.78 is 0. The molecular formula is C21H24N4O4. The Morgan fingerprint density at radius 3 is 2.38 bits per heavy atom. The van der Waals surface area contributed by atoms with Crippen LogP contribution in [0.1, 0.15) is 29.8 Å². The second-order valence-electron chi connectivity index (χ2n) is 6.31. The topological polar surface area (TPSA) is 87.8 Å². The molecule has 0 aliphatic carbocycles. The second kappa shape index (κ2) is 9.31. The zero-order valence-electron chi connectivity index (χ0n) is 16.8. The van der Waals surface area contributed by atoms with Crippen LogP contribution in [0.3, 0.4) is 0 Å². The van der Waals surface area contributed by atoms with E-state index in [1.807, 2.05) is 61.5 Å². The molecule has 2 aromatic carbocycles. The van der Waals surface area contributed by atoms with Crippen molar-refractivity contribution in [3.8, 4) is 0 Å². The van der Waals surface area contributed by atoms with Gasteiger partial charge in [0.05, 0.1) is 6.04 Å². The fraction of sp³-hybridized carbons (Fsp3) is 0.286. The van der Waals surface area contributed by atoms with Crippen molar-refractivity contribution in [2.75, 3.05) is 21.3 Å². The lowest BCUT2D eigenvalue weighted by Crippen LogP contribution is -2.30. The zero-order valence-corrected chi connectivity index (χ0v) is 16.8. The molecule has 3 rings (SSSR count). The molecule has 1 amide bonds. The number of hydrogen-bond acceptors (Lipinski definition) is 7. The van der Waals surface area contributed by atoms with Crippen LogP contribution in [0.15, 0.2) is 64.9 Å². The molecule has 0 bridgehead atoms. The van der Waals surface area contributed by atoms with Crippen molar-refractivity contribution in [2.24, 2.45) is 10.3 Å². The molecule has 1 N–H and O–H groups in total. The Kier molecular flexibility index (Phi) is 6.58. The molecule has 0 spiro atoms. The third-order valence-corrected chi connectivity index (χ3v) is 4.55. The maximum Gasteiger partial charge on any atom is 0.273 e. The number of carbonyl (C=O) groups is 1. The molecule has 1 aliphatic heterocycles. The SMILES string of the molecule is CNC(=O)C(=NOC)c1ccccc1C1ON1C(C)C(=NOC)c1ccccc1. The van der Waals surface area contributed by atoms with Crippen molar-refractivity contribution in [1.82, 2.24) is 10.4 Å². The highest BCUT2D eigenvalue weighted by molar-refractivity contribution is 6.45. The van der Waals surface area contributed by atoms with Gasteiger partial charge >= 0.3 is 0 Å². The van der Waals surface area contributed by atoms with Crippen molar-refractivity contribution < 1.29 is 19.3 Å². The van der Waals surface area contributed by atoms with Crippen LogP contribution in [0.5, 0.6) is 0 Å². The van der Waals surface area contributed by atoms with E-state index >= 15 is 0 Å². The van der Waals surface area contributed by atoms with Gasteiger partial charge in [0.15, 0.2) is 11.9 Å². The number of nitrogens with one attached hydrogen (secondary N) is 1. The molecular weight excluding hydrogens is 372 g/mol. The molecule has 1 heterocycles. The Morgan fingerprint density at radius 1 is 1.07 bits per heavy atom. The van der Waals surface area contributed by atoms with Gasteiger partial charge in [-0.2, -0.15) is 0 Å². The number of hydrogen-bond donors (Lipinski definition) is 1. The third kappa shape index (κ3) is 4.44. The highest BCUT2D eigenvalue weighted by Gasteiger charge is 2.45. The first kappa shape index (κ1) is 20.5. The van der Waals surface area contributed by atoms with Crippen LogP contribution in [-0.2, 0) is 19.3 Å². The molecule has 1 fully saturated rings. The highest BCUT2D eigenvalue weighted by atomic mass is 16.8. The van der Waals surface area contributed by atoms with Crippen molar-refractivity contribution in [3.63, 3.8) is 0 Å². The monoisotopic (exact) mass is 396 g/mol. The molecule has 152 valence electrons. The summed E-state index contributed by atoms with van der Waals surface area (Å²) in [6.45, 7) is 1.98. The first-order valence-electron chi connectivity index (χ1n) is 9.16. The number of amides is 1. The smallest absolute Gasteiger partial charge is 0.273 e. The van der Waals surface area contributed by atoms with E-state index in [0.29, 0.717) is 5.56 Å². The van der Waals surface area contributed by atoms with Gasteiger partial charge < -0.3 is 15.0 Å². The average Bonchev–Trinajstić information content (AvgIpc) is 3.56. The van der Waals surface area contributed by atoms with Crippen molar-refractivity contribution in [3.05, 3.63) is 71.3 Å². The maximum atomic E-state index is 12.3. The molecule has 8 nitrogen and oxygen atoms in total. The Hall–Kier alpha value is -3.23. The quantitative estimate of drug-likeness (QED) is 0.421. The van der Waals surface area contributed by atoms with E-state index in [9.17, 15) is 4.79 Å². The standard InChI is InChI=1S/C21H24N4O4/c1-14(18(23-27-3)15-10-6-5-7-11-15)25-21(29-25)17-13-9-8-12-16(17)19(24-28-4)20(26)22-2/h5-14,21H,1-4H3,(H,22,26). The summed E-state index contributed by atoms with van der Waals surface area (Å²) in [5.41, 5.74) is 3.31. The molecule has 3 unspecified atom stereocenters. The van der Waals surface area contributed by atoms with Gasteiger partial charge in [-0.1, -0.05) is 64.9 Å². The van der Waals surface area contributed by atoms with Gasteiger partial charge in [0.1, 0.15) is 19.9 Å². The largest absolute Gasteiger partial charge is 0.399 e. The fourth-order valence-electron chi connectivity index (χ4n) is 3.12. The minimum Gasteiger partial charge on any atom is -0.399 e. The van der Waals surface area contributed by atoms with Gasteiger partial charge in [-0.3, -0.25) is 9.63 Å². The molecule has 1 saturated heterocycles. The van der Waals surface area contributed by atoms with Gasteiger partial charge in [-0.05, 0) is 6.92 Å². The molecule has 3 atom stereocenters. The molecule has 29 heavy (non-hydrogen) atoms. The van der Waals surface area contributed by atoms with E-state index in [0.717, 1.165) is 16.8 Å². The van der Waals surface area contributed by atoms with Gasteiger partial charge in [0.2, 0.25) is 0 Å². The molecule has 0 radical (unpaired) electrons. The van der Waals surface area contributed by atoms with Crippen LogP contribution in [0.25, 0.3) is 0 Å². The predicted octanol–water partition coefficient (Wildman–Crippen LogP) is 2.47. The molecule has 1 aliphatic rings. The van der Waals surface area contributed by atoms with Gasteiger partial charge in [-0.15, -0.1) is 5.06 Å². The summed E-state index contributed by atoms with van der Waals surface area (Å²) in [4.78, 5) is 28.1. The van der Waals surface area contributed by atoms with Crippen LogP contribution in [0.2, 0.25) is 0 Å². The molecule has 2 aromatic rings. The summed E-state index contributed by atoms with van der Waals surface area (Å²) in [6, 6.07) is 17.0. The summed E-state index contributed by atoms with van der Waals surface area (Å²) in [6.07, 6.45) is -0.348. The van der Waals surface area contributed by atoms with Gasteiger partial charge in [0.25, 0.3) is 5.91 Å². The van der Waals surface area contributed by atoms with Crippen LogP contribution >= 0.6 is 0 Å². The van der Waals surface area contributed by atoms with E-state index < -0.39 is 0 Å². The van der Waals surface area contributed by atoms with E-state index in [1.165, 1.54) is 14.2 Å². The molecule has 0 saturated carbocycles. The van der Waals surface area contributed by atoms with Crippen LogP contribution < -0.4 is 5.32 Å². The lowest BCUT2D eigenvalue weighted by Gasteiger charge is -2.14. The Morgan fingerprint density at radius 2 is 1.72 bits per heavy atom. The lowest BCUT2D eigenvalue weighted by atomic mass is 10.0. The predicted molar refractivity (Wildman–Crippen MR) is 109 cm³/mol. The number of oxime groups is 2. The Labute approximate surface area is 169 Å². The minimum absolute atomic E-state index is 0.182. The average molecular weight is 396 g/mol. The summed E-state index contributed by atoms with van der Waals surface area (Å²) in [5, 5.41) is 12.5. The normalized spacial score (nSPS) is 20.0. The number of rotatable bonds is 8. The number of benzene rings is 2. The van der Waals surface area contributed by atoms with Gasteiger partial charge in [-0.25, -0.2) is 0 Å². The second-order valence-corrected chi connectivity index (χ2v) is 6.31.